The maximum absolute atomic E-state index is 11.3. The van der Waals surface area contributed by atoms with Crippen molar-refractivity contribution in [2.24, 2.45) is 0 Å². The highest BCUT2D eigenvalue weighted by atomic mass is 19.2. The molecule has 7 nitrogen and oxygen atoms in total. The van der Waals surface area contributed by atoms with E-state index in [4.69, 9.17) is 10.1 Å². The van der Waals surface area contributed by atoms with Crippen molar-refractivity contribution < 1.29 is 41.8 Å². The molecule has 122 valence electrons. The fourth-order valence-electron chi connectivity index (χ4n) is 0.418. The fraction of sp³-hybridized carbons (Fsp3) is 0.636. The zero-order chi connectivity index (χ0) is 17.5. The Labute approximate surface area is 119 Å². The Morgan fingerprint density at radius 3 is 1.62 bits per heavy atom. The molecule has 0 saturated carbocycles. The molecule has 0 bridgehead atoms. The number of hydrogen-bond donors (Lipinski definition) is 0. The largest absolute Gasteiger partial charge is 0.495 e. The SMILES string of the molecule is CC(C)(C)OC(=O)F.COC(=O)F.N#CCCOC(=O)F. The van der Waals surface area contributed by atoms with Gasteiger partial charge in [-0.25, -0.2) is 14.4 Å². The first kappa shape index (κ1) is 23.8. The number of carbonyl (C=O) groups is 3. The van der Waals surface area contributed by atoms with Crippen molar-refractivity contribution in [1.82, 2.24) is 0 Å². The fourth-order valence-corrected chi connectivity index (χ4v) is 0.418. The van der Waals surface area contributed by atoms with Crippen LogP contribution in [0.5, 0.6) is 0 Å². The second-order valence-corrected chi connectivity index (χ2v) is 3.89. The molecule has 0 N–H and O–H groups in total. The zero-order valence-corrected chi connectivity index (χ0v) is 11.9. The third kappa shape index (κ3) is 46.4. The van der Waals surface area contributed by atoms with E-state index in [9.17, 15) is 22.8 Å². The van der Waals surface area contributed by atoms with Crippen molar-refractivity contribution in [1.29, 1.82) is 5.26 Å². The molecule has 0 aromatic carbocycles. The Kier molecular flexibility index (Phi) is 16.0. The molecule has 0 aliphatic rings. The lowest BCUT2D eigenvalue weighted by Gasteiger charge is -2.15. The minimum absolute atomic E-state index is 0.0374. The first-order valence-electron chi connectivity index (χ1n) is 5.27. The molecule has 0 heterocycles. The molecule has 0 aromatic rings. The van der Waals surface area contributed by atoms with E-state index in [1.807, 2.05) is 0 Å². The summed E-state index contributed by atoms with van der Waals surface area (Å²) in [6.45, 7) is 4.64. The van der Waals surface area contributed by atoms with Crippen molar-refractivity contribution in [3.8, 4) is 6.07 Å². The van der Waals surface area contributed by atoms with Crippen LogP contribution in [-0.2, 0) is 14.2 Å². The summed E-state index contributed by atoms with van der Waals surface area (Å²) in [5.74, 6) is 0. The van der Waals surface area contributed by atoms with Gasteiger partial charge in [0.15, 0.2) is 0 Å². The predicted molar refractivity (Wildman–Crippen MR) is 63.5 cm³/mol. The van der Waals surface area contributed by atoms with Gasteiger partial charge >= 0.3 is 18.7 Å². The molecule has 0 unspecified atom stereocenters. The monoisotopic (exact) mass is 315 g/mol. The van der Waals surface area contributed by atoms with Crippen molar-refractivity contribution in [3.63, 3.8) is 0 Å². The van der Waals surface area contributed by atoms with Gasteiger partial charge in [0.05, 0.1) is 19.6 Å². The summed E-state index contributed by atoms with van der Waals surface area (Å²) in [5, 5.41) is 7.82. The molecule has 0 radical (unpaired) electrons. The number of ether oxygens (including phenoxy) is 3. The second kappa shape index (κ2) is 14.1. The van der Waals surface area contributed by atoms with Crippen LogP contribution in [0.3, 0.4) is 0 Å². The minimum Gasteiger partial charge on any atom is -0.444 e. The van der Waals surface area contributed by atoms with Gasteiger partial charge in [-0.3, -0.25) is 0 Å². The van der Waals surface area contributed by atoms with E-state index in [2.05, 4.69) is 14.2 Å². The standard InChI is InChI=1S/C5H9FO2.C4H4FNO2.C2H3FO2/c1-5(2,3)8-4(6)7;5-4(7)8-3-1-2-6;1-5-2(3)4/h1-3H3;1,3H2;1H3. The minimum atomic E-state index is -1.83. The summed E-state index contributed by atoms with van der Waals surface area (Å²) in [6.07, 6.45) is -5.27. The molecule has 10 heteroatoms. The van der Waals surface area contributed by atoms with Gasteiger partial charge in [-0.1, -0.05) is 0 Å². The van der Waals surface area contributed by atoms with Crippen LogP contribution in [0.2, 0.25) is 0 Å². The summed E-state index contributed by atoms with van der Waals surface area (Å²) in [7, 11) is 0.975. The highest BCUT2D eigenvalue weighted by Crippen LogP contribution is 2.07. The predicted octanol–water partition coefficient (Wildman–Crippen LogP) is 3.62. The summed E-state index contributed by atoms with van der Waals surface area (Å²) >= 11 is 0. The van der Waals surface area contributed by atoms with Gasteiger partial charge in [0.1, 0.15) is 12.2 Å². The maximum Gasteiger partial charge on any atom is 0.495 e. The Morgan fingerprint density at radius 1 is 1.05 bits per heavy atom. The normalized spacial score (nSPS) is 8.67. The summed E-state index contributed by atoms with van der Waals surface area (Å²) < 4.78 is 44.3. The van der Waals surface area contributed by atoms with Crippen molar-refractivity contribution in [2.75, 3.05) is 13.7 Å². The smallest absolute Gasteiger partial charge is 0.444 e. The lowest BCUT2D eigenvalue weighted by atomic mass is 10.2. The third-order valence-corrected chi connectivity index (χ3v) is 0.976. The number of methoxy groups -OCH3 is 1. The van der Waals surface area contributed by atoms with Gasteiger partial charge in [-0.2, -0.15) is 5.26 Å². The number of hydrogen-bond acceptors (Lipinski definition) is 7. The number of rotatable bonds is 2. The average Bonchev–Trinajstić information content (AvgIpc) is 2.27. The molecule has 0 amide bonds. The Balaban J connectivity index is -0.000000239. The molecule has 0 aliphatic carbocycles. The van der Waals surface area contributed by atoms with E-state index in [1.54, 1.807) is 26.8 Å². The first-order valence-corrected chi connectivity index (χ1v) is 5.27. The van der Waals surface area contributed by atoms with Gasteiger partial charge in [0.2, 0.25) is 0 Å². The topological polar surface area (TPSA) is 103 Å². The Bertz CT molecular complexity index is 362. The zero-order valence-electron chi connectivity index (χ0n) is 11.9. The van der Waals surface area contributed by atoms with Gasteiger partial charge in [-0.05, 0) is 20.8 Å². The highest BCUT2D eigenvalue weighted by molar-refractivity contribution is 5.58. The lowest BCUT2D eigenvalue weighted by molar-refractivity contribution is 0.0346. The molecule has 0 rings (SSSR count). The number of nitriles is 1. The van der Waals surface area contributed by atoms with Crippen LogP contribution in [0.15, 0.2) is 0 Å². The van der Waals surface area contributed by atoms with Gasteiger partial charge < -0.3 is 14.2 Å². The van der Waals surface area contributed by atoms with E-state index in [0.717, 1.165) is 7.11 Å². The van der Waals surface area contributed by atoms with E-state index in [0.29, 0.717) is 0 Å². The van der Waals surface area contributed by atoms with E-state index >= 15 is 0 Å². The molecule has 0 spiro atoms. The van der Waals surface area contributed by atoms with Crippen LogP contribution in [0, 0.1) is 11.3 Å². The third-order valence-electron chi connectivity index (χ3n) is 0.976. The molecular formula is C11H16F3NO6. The molecule has 0 aliphatic heterocycles. The van der Waals surface area contributed by atoms with E-state index in [1.165, 1.54) is 0 Å². The first-order chi connectivity index (χ1) is 9.46. The van der Waals surface area contributed by atoms with Crippen LogP contribution < -0.4 is 0 Å². The number of carbonyl (C=O) groups excluding carboxylic acids is 3. The van der Waals surface area contributed by atoms with Crippen LogP contribution in [0.4, 0.5) is 27.6 Å². The van der Waals surface area contributed by atoms with Gasteiger partial charge in [-0.15, -0.1) is 13.2 Å². The molecule has 0 aromatic heterocycles. The molecule has 0 saturated heterocycles. The quantitative estimate of drug-likeness (QED) is 0.435. The second-order valence-electron chi connectivity index (χ2n) is 3.89. The molecule has 0 fully saturated rings. The average molecular weight is 315 g/mol. The van der Waals surface area contributed by atoms with Crippen LogP contribution in [0.1, 0.15) is 27.2 Å². The van der Waals surface area contributed by atoms with Crippen molar-refractivity contribution in [2.45, 2.75) is 32.8 Å². The Hall–Kier alpha value is -2.31. The molecule has 0 atom stereocenters. The molecular weight excluding hydrogens is 299 g/mol. The number of halogens is 3. The van der Waals surface area contributed by atoms with Gasteiger partial charge in [0.25, 0.3) is 0 Å². The van der Waals surface area contributed by atoms with Crippen LogP contribution in [-0.4, -0.2) is 38.0 Å². The summed E-state index contributed by atoms with van der Waals surface area (Å²) in [6, 6.07) is 1.68. The van der Waals surface area contributed by atoms with Crippen molar-refractivity contribution >= 4 is 18.7 Å². The van der Waals surface area contributed by atoms with E-state index < -0.39 is 24.3 Å². The highest BCUT2D eigenvalue weighted by Gasteiger charge is 2.14. The van der Waals surface area contributed by atoms with Crippen LogP contribution in [0.25, 0.3) is 0 Å². The Morgan fingerprint density at radius 2 is 1.48 bits per heavy atom. The van der Waals surface area contributed by atoms with Crippen LogP contribution >= 0.6 is 0 Å². The maximum atomic E-state index is 11.3. The van der Waals surface area contributed by atoms with Crippen molar-refractivity contribution in [3.05, 3.63) is 0 Å². The summed E-state index contributed by atoms with van der Waals surface area (Å²) in [5.41, 5.74) is -0.703. The number of nitrogens with zero attached hydrogens (tertiary/aromatic N) is 1. The van der Waals surface area contributed by atoms with E-state index in [-0.39, 0.29) is 13.0 Å². The van der Waals surface area contributed by atoms with Gasteiger partial charge in [0, 0.05) is 0 Å². The molecule has 21 heavy (non-hydrogen) atoms. The summed E-state index contributed by atoms with van der Waals surface area (Å²) in [4.78, 5) is 27.8. The lowest BCUT2D eigenvalue weighted by Crippen LogP contribution is -2.20.